The molecule has 82 valence electrons. The molecule has 2 amide bonds. The Kier molecular flexibility index (Phi) is 4.59. The van der Waals surface area contributed by atoms with Gasteiger partial charge in [0.2, 0.25) is 0 Å². The van der Waals surface area contributed by atoms with Gasteiger partial charge in [0.25, 0.3) is 0 Å². The van der Waals surface area contributed by atoms with E-state index in [1.54, 1.807) is 0 Å². The number of hydrogen-bond acceptors (Lipinski definition) is 5. The van der Waals surface area contributed by atoms with Gasteiger partial charge in [0, 0.05) is 16.9 Å². The number of nitrogens with two attached hydrogens (primary N) is 1. The van der Waals surface area contributed by atoms with Gasteiger partial charge in [-0.25, -0.2) is 14.4 Å². The highest BCUT2D eigenvalue weighted by Gasteiger charge is 2.20. The minimum absolute atomic E-state index is 0.0101. The van der Waals surface area contributed by atoms with Crippen molar-refractivity contribution in [2.45, 2.75) is 6.92 Å². The minimum atomic E-state index is -1.26. The number of carbonyl (C=O) groups is 3. The molecular formula is C8H10N2O5. The Morgan fingerprint density at radius 2 is 1.87 bits per heavy atom. The summed E-state index contributed by atoms with van der Waals surface area (Å²) in [5.74, 6) is -1.95. The van der Waals surface area contributed by atoms with Crippen molar-refractivity contribution >= 4 is 18.0 Å². The van der Waals surface area contributed by atoms with E-state index in [0.29, 0.717) is 0 Å². The van der Waals surface area contributed by atoms with Crippen LogP contribution in [0.5, 0.6) is 0 Å². The van der Waals surface area contributed by atoms with Crippen LogP contribution in [0.3, 0.4) is 0 Å². The first-order valence-electron chi connectivity index (χ1n) is 3.70. The van der Waals surface area contributed by atoms with Gasteiger partial charge >= 0.3 is 18.0 Å². The van der Waals surface area contributed by atoms with Crippen molar-refractivity contribution in [2.24, 2.45) is 5.73 Å². The maximum Gasteiger partial charge on any atom is 0.386 e. The number of rotatable bonds is 2. The van der Waals surface area contributed by atoms with Crippen LogP contribution in [0.4, 0.5) is 4.79 Å². The van der Waals surface area contributed by atoms with E-state index in [4.69, 9.17) is 5.73 Å². The third-order valence-electron chi connectivity index (χ3n) is 1.03. The van der Waals surface area contributed by atoms with Crippen LogP contribution in [-0.4, -0.2) is 23.2 Å². The molecule has 2 N–H and O–H groups in total. The van der Waals surface area contributed by atoms with Crippen LogP contribution >= 0.6 is 0 Å². The van der Waals surface area contributed by atoms with Gasteiger partial charge in [-0.2, -0.15) is 0 Å². The van der Waals surface area contributed by atoms with Crippen molar-refractivity contribution in [3.8, 4) is 0 Å². The summed E-state index contributed by atoms with van der Waals surface area (Å²) < 4.78 is 0. The van der Waals surface area contributed by atoms with Crippen molar-refractivity contribution in [3.63, 3.8) is 0 Å². The molecule has 0 aliphatic rings. The molecule has 0 aromatic rings. The zero-order valence-electron chi connectivity index (χ0n) is 8.06. The van der Waals surface area contributed by atoms with Gasteiger partial charge in [-0.3, -0.25) is 9.68 Å². The second kappa shape index (κ2) is 5.43. The fraction of sp³-hybridized carbons (Fsp3) is 0.125. The highest BCUT2D eigenvalue weighted by molar-refractivity contribution is 5.88. The van der Waals surface area contributed by atoms with Gasteiger partial charge in [0.15, 0.2) is 0 Å². The molecule has 0 aromatic carbocycles. The summed E-state index contributed by atoms with van der Waals surface area (Å²) in [6.45, 7) is 7.67. The number of carbonyl (C=O) groups excluding carboxylic acids is 3. The lowest BCUT2D eigenvalue weighted by Gasteiger charge is -2.15. The van der Waals surface area contributed by atoms with Crippen molar-refractivity contribution in [1.82, 2.24) is 5.23 Å². The smallest absolute Gasteiger partial charge is 0.346 e. The quantitative estimate of drug-likeness (QED) is 0.517. The summed E-state index contributed by atoms with van der Waals surface area (Å²) in [4.78, 5) is 40.7. The van der Waals surface area contributed by atoms with Crippen molar-refractivity contribution in [3.05, 3.63) is 24.8 Å². The van der Waals surface area contributed by atoms with Gasteiger partial charge in [-0.05, 0) is 6.92 Å². The zero-order valence-corrected chi connectivity index (χ0v) is 8.06. The van der Waals surface area contributed by atoms with Crippen molar-refractivity contribution in [2.75, 3.05) is 0 Å². The van der Waals surface area contributed by atoms with E-state index in [0.717, 1.165) is 6.08 Å². The molecule has 0 spiro atoms. The Hall–Kier alpha value is -2.31. The van der Waals surface area contributed by atoms with E-state index in [9.17, 15) is 14.4 Å². The van der Waals surface area contributed by atoms with Crippen molar-refractivity contribution in [1.29, 1.82) is 0 Å². The van der Waals surface area contributed by atoms with Gasteiger partial charge in [-0.15, -0.1) is 0 Å². The van der Waals surface area contributed by atoms with Gasteiger partial charge in [-0.1, -0.05) is 13.2 Å². The van der Waals surface area contributed by atoms with Gasteiger partial charge in [0.05, 0.1) is 0 Å². The van der Waals surface area contributed by atoms with Crippen LogP contribution in [0.15, 0.2) is 24.8 Å². The molecule has 7 heteroatoms. The zero-order chi connectivity index (χ0) is 12.0. The molecule has 0 aliphatic carbocycles. The topological polar surface area (TPSA) is 98.9 Å². The lowest BCUT2D eigenvalue weighted by atomic mass is 10.4. The van der Waals surface area contributed by atoms with Crippen LogP contribution < -0.4 is 5.73 Å². The van der Waals surface area contributed by atoms with E-state index in [1.165, 1.54) is 6.92 Å². The van der Waals surface area contributed by atoms with E-state index in [2.05, 4.69) is 22.8 Å². The second-order valence-corrected chi connectivity index (χ2v) is 2.37. The maximum absolute atomic E-state index is 10.9. The fourth-order valence-corrected chi connectivity index (χ4v) is 0.381. The van der Waals surface area contributed by atoms with Crippen LogP contribution in [0.1, 0.15) is 6.92 Å². The third-order valence-corrected chi connectivity index (χ3v) is 1.03. The number of nitrogens with zero attached hydrogens (tertiary/aromatic N) is 1. The Bertz CT molecular complexity index is 323. The van der Waals surface area contributed by atoms with Crippen LogP contribution in [0, 0.1) is 0 Å². The molecule has 0 saturated heterocycles. The summed E-state index contributed by atoms with van der Waals surface area (Å²) in [5.41, 5.74) is 4.77. The molecule has 0 fully saturated rings. The van der Waals surface area contributed by atoms with Crippen molar-refractivity contribution < 1.29 is 24.1 Å². The normalized spacial score (nSPS) is 8.60. The predicted molar refractivity (Wildman–Crippen MR) is 48.6 cm³/mol. The lowest BCUT2D eigenvalue weighted by molar-refractivity contribution is -0.284. The molecule has 0 aromatic heterocycles. The molecule has 0 heterocycles. The van der Waals surface area contributed by atoms with E-state index < -0.39 is 18.0 Å². The Morgan fingerprint density at radius 1 is 1.33 bits per heavy atom. The number of urea groups is 1. The lowest BCUT2D eigenvalue weighted by Crippen LogP contribution is -2.39. The average Bonchev–Trinajstić information content (AvgIpc) is 2.15. The SMILES string of the molecule is C=CC(=O)ON(OC(=O)C(=C)C)C(N)=O. The standard InChI is InChI=1S/C8H10N2O5/c1-4-6(11)14-10(8(9)13)15-7(12)5(2)3/h4H,1-2H2,3H3,(H2,9,13). The molecule has 0 rings (SSSR count). The summed E-state index contributed by atoms with van der Waals surface area (Å²) in [6, 6.07) is -1.26. The van der Waals surface area contributed by atoms with E-state index in [-0.39, 0.29) is 10.8 Å². The average molecular weight is 214 g/mol. The highest BCUT2D eigenvalue weighted by Crippen LogP contribution is 1.99. The summed E-state index contributed by atoms with van der Waals surface area (Å²) >= 11 is 0. The summed E-state index contributed by atoms with van der Waals surface area (Å²) in [6.07, 6.45) is 0.768. The van der Waals surface area contributed by atoms with Crippen LogP contribution in [-0.2, 0) is 19.3 Å². The maximum atomic E-state index is 10.9. The number of amides is 2. The molecule has 7 nitrogen and oxygen atoms in total. The first kappa shape index (κ1) is 12.7. The second-order valence-electron chi connectivity index (χ2n) is 2.37. The largest absolute Gasteiger partial charge is 0.386 e. The summed E-state index contributed by atoms with van der Waals surface area (Å²) in [5, 5.41) is -0.0545. The molecule has 0 atom stereocenters. The predicted octanol–water partition coefficient (Wildman–Crippen LogP) is 0.0456. The monoisotopic (exact) mass is 214 g/mol. The molecule has 15 heavy (non-hydrogen) atoms. The molecule has 0 saturated carbocycles. The summed E-state index contributed by atoms with van der Waals surface area (Å²) in [7, 11) is 0. The third kappa shape index (κ3) is 4.46. The number of hydroxylamine groups is 2. The highest BCUT2D eigenvalue weighted by atomic mass is 17.0. The van der Waals surface area contributed by atoms with Gasteiger partial charge in [0.1, 0.15) is 0 Å². The van der Waals surface area contributed by atoms with Crippen LogP contribution in [0.25, 0.3) is 0 Å². The number of hydrogen-bond donors (Lipinski definition) is 1. The Morgan fingerprint density at radius 3 is 2.20 bits per heavy atom. The minimum Gasteiger partial charge on any atom is -0.346 e. The van der Waals surface area contributed by atoms with E-state index >= 15 is 0 Å². The first-order valence-corrected chi connectivity index (χ1v) is 3.70. The van der Waals surface area contributed by atoms with Gasteiger partial charge < -0.3 is 5.73 Å². The molecule has 0 bridgehead atoms. The Balaban J connectivity index is 4.48. The molecule has 0 unspecified atom stereocenters. The fourth-order valence-electron chi connectivity index (χ4n) is 0.381. The molecule has 0 aliphatic heterocycles. The Labute approximate surface area is 85.6 Å². The first-order chi connectivity index (χ1) is 6.88. The van der Waals surface area contributed by atoms with Crippen LogP contribution in [0.2, 0.25) is 0 Å². The number of primary amides is 1. The van der Waals surface area contributed by atoms with E-state index in [1.807, 2.05) is 0 Å². The molecule has 0 radical (unpaired) electrons. The molecular weight excluding hydrogens is 204 g/mol.